The van der Waals surface area contributed by atoms with E-state index >= 15 is 0 Å². The summed E-state index contributed by atoms with van der Waals surface area (Å²) in [4.78, 5) is 42.2. The van der Waals surface area contributed by atoms with Crippen LogP contribution in [0.3, 0.4) is 0 Å². The number of rotatable bonds is 10. The highest BCUT2D eigenvalue weighted by atomic mass is 19.1. The van der Waals surface area contributed by atoms with Crippen LogP contribution in [0.5, 0.6) is 0 Å². The zero-order chi connectivity index (χ0) is 27.9. The van der Waals surface area contributed by atoms with Crippen molar-refractivity contribution < 1.29 is 18.7 Å². The van der Waals surface area contributed by atoms with Crippen LogP contribution in [0, 0.1) is 19.7 Å². The minimum Gasteiger partial charge on any atom is -0.466 e. The van der Waals surface area contributed by atoms with E-state index in [-0.39, 0.29) is 42.1 Å². The van der Waals surface area contributed by atoms with Crippen LogP contribution in [-0.2, 0) is 27.4 Å². The number of aromatic nitrogens is 2. The molecule has 1 N–H and O–H groups in total. The quantitative estimate of drug-likeness (QED) is 0.397. The molecule has 2 heterocycles. The molecule has 2 aromatic carbocycles. The third kappa shape index (κ3) is 7.00. The molecule has 1 amide bonds. The van der Waals surface area contributed by atoms with Crippen LogP contribution in [0.2, 0.25) is 0 Å². The number of hydrogen-bond acceptors (Lipinski definition) is 7. The number of esters is 1. The number of amides is 1. The molecule has 1 aromatic heterocycles. The molecule has 1 aliphatic heterocycles. The van der Waals surface area contributed by atoms with E-state index in [0.717, 1.165) is 37.4 Å². The SMILES string of the molecule is CCOC(=O)Cc1nn(CNC(=O)CCCN2CCN(c3ccc(C)c(C)c3)CC2)c(=O)c2c(F)cccc12. The average molecular weight is 538 g/mol. The molecule has 0 atom stereocenters. The van der Waals surface area contributed by atoms with E-state index in [1.54, 1.807) is 13.0 Å². The van der Waals surface area contributed by atoms with Gasteiger partial charge >= 0.3 is 5.97 Å². The fraction of sp³-hybridized carbons (Fsp3) is 0.448. The molecule has 0 bridgehead atoms. The third-order valence-electron chi connectivity index (χ3n) is 7.16. The van der Waals surface area contributed by atoms with E-state index in [1.165, 1.54) is 28.9 Å². The second-order valence-electron chi connectivity index (χ2n) is 9.85. The number of piperazine rings is 1. The van der Waals surface area contributed by atoms with Crippen LogP contribution in [-0.4, -0.2) is 65.9 Å². The Morgan fingerprint density at radius 1 is 1.08 bits per heavy atom. The Labute approximate surface area is 227 Å². The summed E-state index contributed by atoms with van der Waals surface area (Å²) in [6.45, 7) is 10.5. The second kappa shape index (κ2) is 12.8. The molecule has 0 aliphatic carbocycles. The Morgan fingerprint density at radius 3 is 2.56 bits per heavy atom. The van der Waals surface area contributed by atoms with E-state index < -0.39 is 17.3 Å². The van der Waals surface area contributed by atoms with Gasteiger partial charge in [-0.3, -0.25) is 19.3 Å². The predicted octanol–water partition coefficient (Wildman–Crippen LogP) is 2.93. The summed E-state index contributed by atoms with van der Waals surface area (Å²) in [5, 5.41) is 7.03. The maximum atomic E-state index is 14.5. The van der Waals surface area contributed by atoms with Crippen molar-refractivity contribution in [3.8, 4) is 0 Å². The van der Waals surface area contributed by atoms with Gasteiger partial charge in [0.05, 0.1) is 24.1 Å². The number of carbonyl (C=O) groups is 2. The van der Waals surface area contributed by atoms with Crippen molar-refractivity contribution in [3.63, 3.8) is 0 Å². The van der Waals surface area contributed by atoms with Gasteiger partial charge in [-0.15, -0.1) is 0 Å². The molecule has 10 heteroatoms. The van der Waals surface area contributed by atoms with Gasteiger partial charge < -0.3 is 15.0 Å². The summed E-state index contributed by atoms with van der Waals surface area (Å²) < 4.78 is 20.5. The summed E-state index contributed by atoms with van der Waals surface area (Å²) in [6, 6.07) is 10.8. The molecule has 0 unspecified atom stereocenters. The van der Waals surface area contributed by atoms with Crippen molar-refractivity contribution in [1.82, 2.24) is 20.0 Å². The molecular formula is C29H36FN5O4. The fourth-order valence-electron chi connectivity index (χ4n) is 4.81. The number of nitrogens with one attached hydrogen (secondary N) is 1. The highest BCUT2D eigenvalue weighted by molar-refractivity contribution is 5.87. The summed E-state index contributed by atoms with van der Waals surface area (Å²) in [5.41, 5.74) is 3.39. The monoisotopic (exact) mass is 537 g/mol. The lowest BCUT2D eigenvalue weighted by molar-refractivity contribution is -0.142. The van der Waals surface area contributed by atoms with E-state index in [0.29, 0.717) is 12.8 Å². The zero-order valence-corrected chi connectivity index (χ0v) is 22.8. The molecule has 39 heavy (non-hydrogen) atoms. The van der Waals surface area contributed by atoms with Gasteiger partial charge in [0.1, 0.15) is 12.5 Å². The number of anilines is 1. The summed E-state index contributed by atoms with van der Waals surface area (Å²) in [7, 11) is 0. The number of hydrogen-bond donors (Lipinski definition) is 1. The molecule has 3 aromatic rings. The fourth-order valence-corrected chi connectivity index (χ4v) is 4.81. The normalized spacial score (nSPS) is 14.0. The van der Waals surface area contributed by atoms with Gasteiger partial charge in [-0.2, -0.15) is 5.10 Å². The molecule has 0 saturated carbocycles. The summed E-state index contributed by atoms with van der Waals surface area (Å²) in [5.74, 6) is -1.46. The first kappa shape index (κ1) is 28.2. The van der Waals surface area contributed by atoms with Crippen LogP contribution in [0.15, 0.2) is 41.2 Å². The van der Waals surface area contributed by atoms with Gasteiger partial charge in [-0.1, -0.05) is 18.2 Å². The largest absolute Gasteiger partial charge is 0.466 e. The first-order valence-corrected chi connectivity index (χ1v) is 13.4. The molecule has 1 saturated heterocycles. The first-order chi connectivity index (χ1) is 18.8. The number of benzene rings is 2. The molecule has 4 rings (SSSR count). The first-order valence-electron chi connectivity index (χ1n) is 13.4. The summed E-state index contributed by atoms with van der Waals surface area (Å²) in [6.07, 6.45) is 0.765. The van der Waals surface area contributed by atoms with Gasteiger partial charge in [0.2, 0.25) is 5.91 Å². The van der Waals surface area contributed by atoms with Crippen molar-refractivity contribution in [2.75, 3.05) is 44.2 Å². The van der Waals surface area contributed by atoms with Gasteiger partial charge in [0.25, 0.3) is 5.56 Å². The van der Waals surface area contributed by atoms with E-state index in [9.17, 15) is 18.8 Å². The Hall–Kier alpha value is -3.79. The van der Waals surface area contributed by atoms with Crippen LogP contribution in [0.25, 0.3) is 10.8 Å². The summed E-state index contributed by atoms with van der Waals surface area (Å²) >= 11 is 0. The van der Waals surface area contributed by atoms with Gasteiger partial charge in [-0.25, -0.2) is 9.07 Å². The van der Waals surface area contributed by atoms with Crippen LogP contribution in [0.1, 0.15) is 36.6 Å². The lowest BCUT2D eigenvalue weighted by Gasteiger charge is -2.36. The smallest absolute Gasteiger partial charge is 0.311 e. The van der Waals surface area contributed by atoms with Crippen molar-refractivity contribution in [2.45, 2.75) is 46.7 Å². The molecule has 0 spiro atoms. The van der Waals surface area contributed by atoms with Crippen molar-refractivity contribution in [2.24, 2.45) is 0 Å². The van der Waals surface area contributed by atoms with E-state index in [1.807, 2.05) is 0 Å². The molecule has 0 radical (unpaired) electrons. The van der Waals surface area contributed by atoms with Crippen molar-refractivity contribution in [1.29, 1.82) is 0 Å². The molecule has 208 valence electrons. The number of ether oxygens (including phenoxy) is 1. The number of nitrogens with zero attached hydrogens (tertiary/aromatic N) is 4. The van der Waals surface area contributed by atoms with Crippen molar-refractivity contribution in [3.05, 3.63) is 69.4 Å². The predicted molar refractivity (Wildman–Crippen MR) is 148 cm³/mol. The highest BCUT2D eigenvalue weighted by Crippen LogP contribution is 2.20. The highest BCUT2D eigenvalue weighted by Gasteiger charge is 2.19. The van der Waals surface area contributed by atoms with Gasteiger partial charge in [0.15, 0.2) is 0 Å². The average Bonchev–Trinajstić information content (AvgIpc) is 2.91. The van der Waals surface area contributed by atoms with Crippen LogP contribution in [0.4, 0.5) is 10.1 Å². The number of halogens is 1. The second-order valence-corrected chi connectivity index (χ2v) is 9.85. The lowest BCUT2D eigenvalue weighted by Crippen LogP contribution is -2.46. The molecule has 1 fully saturated rings. The van der Waals surface area contributed by atoms with Crippen LogP contribution >= 0.6 is 0 Å². The van der Waals surface area contributed by atoms with Crippen molar-refractivity contribution >= 4 is 28.3 Å². The van der Waals surface area contributed by atoms with Gasteiger partial charge in [0, 0.05) is 43.7 Å². The maximum Gasteiger partial charge on any atom is 0.311 e. The Morgan fingerprint density at radius 2 is 1.85 bits per heavy atom. The standard InChI is InChI=1S/C29H36FN5O4/c1-4-39-27(37)18-25-23-7-5-8-24(30)28(23)29(38)35(32-25)19-31-26(36)9-6-12-33-13-15-34(16-14-33)22-11-10-20(2)21(3)17-22/h5,7-8,10-11,17H,4,6,9,12-16,18-19H2,1-3H3,(H,31,36). The number of fused-ring (bicyclic) bond motifs is 1. The molecule has 1 aliphatic rings. The third-order valence-corrected chi connectivity index (χ3v) is 7.16. The minimum atomic E-state index is -0.706. The Bertz CT molecular complexity index is 1400. The van der Waals surface area contributed by atoms with E-state index in [4.69, 9.17) is 4.74 Å². The van der Waals surface area contributed by atoms with Crippen LogP contribution < -0.4 is 15.8 Å². The Kier molecular flexibility index (Phi) is 9.29. The maximum absolute atomic E-state index is 14.5. The lowest BCUT2D eigenvalue weighted by atomic mass is 10.1. The topological polar surface area (TPSA) is 96.8 Å². The Balaban J connectivity index is 1.29. The van der Waals surface area contributed by atoms with Gasteiger partial charge in [-0.05, 0) is 63.1 Å². The zero-order valence-electron chi connectivity index (χ0n) is 22.8. The number of aryl methyl sites for hydroxylation is 2. The van der Waals surface area contributed by atoms with E-state index in [2.05, 4.69) is 52.3 Å². The number of carbonyl (C=O) groups excluding carboxylic acids is 2. The molecular weight excluding hydrogens is 501 g/mol. The minimum absolute atomic E-state index is 0.166. The molecule has 9 nitrogen and oxygen atoms in total.